The van der Waals surface area contributed by atoms with E-state index in [4.69, 9.17) is 14.2 Å². The van der Waals surface area contributed by atoms with Gasteiger partial charge in [-0.05, 0) is 32.6 Å². The summed E-state index contributed by atoms with van der Waals surface area (Å²) in [5, 5.41) is 0. The van der Waals surface area contributed by atoms with Gasteiger partial charge >= 0.3 is 5.97 Å². The Hall–Kier alpha value is -1.67. The molecule has 3 fully saturated rings. The summed E-state index contributed by atoms with van der Waals surface area (Å²) in [4.78, 5) is 39.6. The Kier molecular flexibility index (Phi) is 6.48. The molecule has 0 radical (unpaired) electrons. The average molecular weight is 368 g/mol. The summed E-state index contributed by atoms with van der Waals surface area (Å²) in [6.45, 7) is 4.50. The van der Waals surface area contributed by atoms with Crippen molar-refractivity contribution in [2.75, 3.05) is 46.0 Å². The molecule has 0 spiro atoms. The van der Waals surface area contributed by atoms with Crippen LogP contribution in [0.4, 0.5) is 0 Å². The molecule has 0 aromatic rings. The quantitative estimate of drug-likeness (QED) is 0.597. The van der Waals surface area contributed by atoms with E-state index in [9.17, 15) is 14.4 Å². The fourth-order valence-electron chi connectivity index (χ4n) is 3.20. The van der Waals surface area contributed by atoms with Crippen LogP contribution in [0.2, 0.25) is 0 Å². The molecule has 1 aliphatic carbocycles. The lowest BCUT2D eigenvalue weighted by atomic mass is 10.2. The van der Waals surface area contributed by atoms with Crippen LogP contribution < -0.4 is 0 Å². The van der Waals surface area contributed by atoms with Crippen LogP contribution >= 0.6 is 0 Å². The molecule has 1 saturated carbocycles. The maximum atomic E-state index is 12.2. The number of carbonyl (C=O) groups is 3. The van der Waals surface area contributed by atoms with Crippen molar-refractivity contribution in [1.29, 1.82) is 0 Å². The number of hydrogen-bond donors (Lipinski definition) is 0. The summed E-state index contributed by atoms with van der Waals surface area (Å²) in [5.74, 6) is -0.364. The molecule has 8 heteroatoms. The molecular formula is C18H28N2O6. The molecule has 146 valence electrons. The van der Waals surface area contributed by atoms with Crippen LogP contribution in [0, 0.1) is 5.92 Å². The van der Waals surface area contributed by atoms with Crippen molar-refractivity contribution in [3.05, 3.63) is 0 Å². The zero-order valence-corrected chi connectivity index (χ0v) is 15.4. The molecule has 2 aliphatic heterocycles. The lowest BCUT2D eigenvalue weighted by Crippen LogP contribution is -2.52. The first-order valence-electron chi connectivity index (χ1n) is 9.51. The Balaban J connectivity index is 1.31. The van der Waals surface area contributed by atoms with Crippen LogP contribution in [0.15, 0.2) is 0 Å². The van der Waals surface area contributed by atoms with Crippen LogP contribution in [-0.4, -0.2) is 85.8 Å². The molecular weight excluding hydrogens is 340 g/mol. The summed E-state index contributed by atoms with van der Waals surface area (Å²) in [5.41, 5.74) is 0. The first-order valence-corrected chi connectivity index (χ1v) is 9.51. The Labute approximate surface area is 153 Å². The summed E-state index contributed by atoms with van der Waals surface area (Å²) < 4.78 is 16.0. The Morgan fingerprint density at radius 2 is 1.77 bits per heavy atom. The standard InChI is InChI=1S/C18H28N2O6/c1-13(25-11-15-3-2-10-24-15)18(23)26-12-16(21)19-6-8-20(9-7-19)17(22)14-4-5-14/h13-15H,2-12H2,1H3. The number of hydrogen-bond acceptors (Lipinski definition) is 6. The summed E-state index contributed by atoms with van der Waals surface area (Å²) in [6.07, 6.45) is 3.25. The van der Waals surface area contributed by atoms with Crippen molar-refractivity contribution in [3.8, 4) is 0 Å². The fourth-order valence-corrected chi connectivity index (χ4v) is 3.20. The van der Waals surface area contributed by atoms with E-state index in [-0.39, 0.29) is 30.4 Å². The molecule has 0 bridgehead atoms. The van der Waals surface area contributed by atoms with Gasteiger partial charge in [0, 0.05) is 38.7 Å². The van der Waals surface area contributed by atoms with Crippen molar-refractivity contribution >= 4 is 17.8 Å². The van der Waals surface area contributed by atoms with Crippen LogP contribution in [0.5, 0.6) is 0 Å². The number of carbonyl (C=O) groups excluding carboxylic acids is 3. The van der Waals surface area contributed by atoms with Gasteiger partial charge in [0.05, 0.1) is 12.7 Å². The number of ether oxygens (including phenoxy) is 3. The Morgan fingerprint density at radius 1 is 1.08 bits per heavy atom. The van der Waals surface area contributed by atoms with Crippen LogP contribution in [0.25, 0.3) is 0 Å². The smallest absolute Gasteiger partial charge is 0.335 e. The van der Waals surface area contributed by atoms with E-state index in [2.05, 4.69) is 0 Å². The third kappa shape index (κ3) is 5.17. The second kappa shape index (κ2) is 8.81. The molecule has 2 atom stereocenters. The predicted octanol–water partition coefficient (Wildman–Crippen LogP) is 0.195. The van der Waals surface area contributed by atoms with E-state index in [1.165, 1.54) is 0 Å². The molecule has 8 nitrogen and oxygen atoms in total. The Bertz CT molecular complexity index is 522. The zero-order valence-electron chi connectivity index (χ0n) is 15.4. The topological polar surface area (TPSA) is 85.4 Å². The van der Waals surface area contributed by atoms with E-state index in [1.807, 2.05) is 4.90 Å². The molecule has 2 heterocycles. The maximum Gasteiger partial charge on any atom is 0.335 e. The highest BCUT2D eigenvalue weighted by Gasteiger charge is 2.35. The number of esters is 1. The molecule has 2 amide bonds. The lowest BCUT2D eigenvalue weighted by Gasteiger charge is -2.34. The molecule has 2 saturated heterocycles. The van der Waals surface area contributed by atoms with Crippen LogP contribution in [-0.2, 0) is 28.6 Å². The van der Waals surface area contributed by atoms with Gasteiger partial charge in [-0.1, -0.05) is 0 Å². The number of nitrogens with zero attached hydrogens (tertiary/aromatic N) is 2. The predicted molar refractivity (Wildman–Crippen MR) is 91.2 cm³/mol. The fraction of sp³-hybridized carbons (Fsp3) is 0.833. The maximum absolute atomic E-state index is 12.2. The molecule has 0 N–H and O–H groups in total. The highest BCUT2D eigenvalue weighted by atomic mass is 16.6. The van der Waals surface area contributed by atoms with Crippen LogP contribution in [0.1, 0.15) is 32.6 Å². The Morgan fingerprint density at radius 3 is 2.38 bits per heavy atom. The minimum atomic E-state index is -0.722. The van der Waals surface area contributed by atoms with E-state index >= 15 is 0 Å². The third-order valence-electron chi connectivity index (χ3n) is 5.10. The summed E-state index contributed by atoms with van der Waals surface area (Å²) in [7, 11) is 0. The van der Waals surface area contributed by atoms with Gasteiger partial charge < -0.3 is 24.0 Å². The van der Waals surface area contributed by atoms with Crippen molar-refractivity contribution in [1.82, 2.24) is 9.80 Å². The van der Waals surface area contributed by atoms with E-state index < -0.39 is 12.1 Å². The number of amides is 2. The van der Waals surface area contributed by atoms with Gasteiger partial charge in [-0.15, -0.1) is 0 Å². The van der Waals surface area contributed by atoms with Crippen molar-refractivity contribution in [3.63, 3.8) is 0 Å². The van der Waals surface area contributed by atoms with Gasteiger partial charge in [-0.3, -0.25) is 9.59 Å². The lowest BCUT2D eigenvalue weighted by molar-refractivity contribution is -0.163. The van der Waals surface area contributed by atoms with E-state index in [1.54, 1.807) is 11.8 Å². The minimum absolute atomic E-state index is 0.0431. The van der Waals surface area contributed by atoms with E-state index in [0.717, 1.165) is 32.3 Å². The van der Waals surface area contributed by atoms with Gasteiger partial charge in [0.15, 0.2) is 12.7 Å². The van der Waals surface area contributed by atoms with Gasteiger partial charge in [-0.2, -0.15) is 0 Å². The molecule has 0 aromatic carbocycles. The number of rotatable bonds is 7. The van der Waals surface area contributed by atoms with Gasteiger partial charge in [0.1, 0.15) is 0 Å². The first kappa shape index (κ1) is 19.1. The van der Waals surface area contributed by atoms with Crippen molar-refractivity contribution in [2.24, 2.45) is 5.92 Å². The molecule has 2 unspecified atom stereocenters. The normalized spacial score (nSPS) is 24.4. The van der Waals surface area contributed by atoms with Gasteiger partial charge in [0.25, 0.3) is 5.91 Å². The monoisotopic (exact) mass is 368 g/mol. The second-order valence-corrected chi connectivity index (χ2v) is 7.20. The molecule has 0 aromatic heterocycles. The van der Waals surface area contributed by atoms with Crippen molar-refractivity contribution < 1.29 is 28.6 Å². The number of piperazine rings is 1. The average Bonchev–Trinajstić information content (AvgIpc) is 3.39. The molecule has 3 aliphatic rings. The zero-order chi connectivity index (χ0) is 18.5. The van der Waals surface area contributed by atoms with E-state index in [0.29, 0.717) is 32.8 Å². The molecule has 3 rings (SSSR count). The largest absolute Gasteiger partial charge is 0.454 e. The van der Waals surface area contributed by atoms with Gasteiger partial charge in [-0.25, -0.2) is 4.79 Å². The summed E-state index contributed by atoms with van der Waals surface area (Å²) >= 11 is 0. The summed E-state index contributed by atoms with van der Waals surface area (Å²) in [6, 6.07) is 0. The highest BCUT2D eigenvalue weighted by molar-refractivity contribution is 5.83. The third-order valence-corrected chi connectivity index (χ3v) is 5.10. The van der Waals surface area contributed by atoms with Crippen molar-refractivity contribution in [2.45, 2.75) is 44.8 Å². The van der Waals surface area contributed by atoms with Gasteiger partial charge in [0.2, 0.25) is 5.91 Å². The van der Waals surface area contributed by atoms with Crippen LogP contribution in [0.3, 0.4) is 0 Å². The SMILES string of the molecule is CC(OCC1CCCO1)C(=O)OCC(=O)N1CCN(C(=O)C2CC2)CC1. The highest BCUT2D eigenvalue weighted by Crippen LogP contribution is 2.31. The molecule has 26 heavy (non-hydrogen) atoms. The second-order valence-electron chi connectivity index (χ2n) is 7.20. The first-order chi connectivity index (χ1) is 12.5. The minimum Gasteiger partial charge on any atom is -0.454 e.